The van der Waals surface area contributed by atoms with E-state index >= 15 is 0 Å². The predicted molar refractivity (Wildman–Crippen MR) is 98.5 cm³/mol. The molecule has 0 saturated carbocycles. The SMILES string of the molecule is CC(Oc1ccc(C(C)(C)C)cc1)C(=O)NCc1ccccc1Cl. The average Bonchev–Trinajstić information content (AvgIpc) is 2.53. The fourth-order valence-electron chi connectivity index (χ4n) is 2.26. The smallest absolute Gasteiger partial charge is 0.261 e. The predicted octanol–water partition coefficient (Wildman–Crippen LogP) is 4.72. The maximum Gasteiger partial charge on any atom is 0.261 e. The second kappa shape index (κ2) is 7.71. The van der Waals surface area contributed by atoms with Crippen LogP contribution in [0.25, 0.3) is 0 Å². The van der Waals surface area contributed by atoms with Crippen molar-refractivity contribution in [2.24, 2.45) is 0 Å². The summed E-state index contributed by atoms with van der Waals surface area (Å²) in [6.07, 6.45) is -0.576. The molecule has 1 amide bonds. The zero-order chi connectivity index (χ0) is 17.7. The number of carbonyl (C=O) groups excluding carboxylic acids is 1. The lowest BCUT2D eigenvalue weighted by molar-refractivity contribution is -0.127. The number of hydrogen-bond acceptors (Lipinski definition) is 2. The van der Waals surface area contributed by atoms with Crippen molar-refractivity contribution in [1.82, 2.24) is 5.32 Å². The molecule has 0 aliphatic carbocycles. The summed E-state index contributed by atoms with van der Waals surface area (Å²) in [7, 11) is 0. The second-order valence-electron chi connectivity index (χ2n) is 6.84. The van der Waals surface area contributed by atoms with E-state index in [9.17, 15) is 4.79 Å². The lowest BCUT2D eigenvalue weighted by Crippen LogP contribution is -2.35. The van der Waals surface area contributed by atoms with Gasteiger partial charge in [0.15, 0.2) is 6.10 Å². The molecule has 0 aliphatic heterocycles. The Balaban J connectivity index is 1.91. The molecule has 1 N–H and O–H groups in total. The molecule has 24 heavy (non-hydrogen) atoms. The van der Waals surface area contributed by atoms with Gasteiger partial charge in [-0.1, -0.05) is 62.7 Å². The normalized spacial score (nSPS) is 12.5. The van der Waals surface area contributed by atoms with Crippen LogP contribution in [0.15, 0.2) is 48.5 Å². The van der Waals surface area contributed by atoms with E-state index in [1.54, 1.807) is 13.0 Å². The number of amides is 1. The average molecular weight is 346 g/mol. The molecule has 1 atom stereocenters. The molecule has 4 heteroatoms. The third-order valence-electron chi connectivity index (χ3n) is 3.81. The summed E-state index contributed by atoms with van der Waals surface area (Å²) in [6.45, 7) is 8.60. The van der Waals surface area contributed by atoms with Crippen LogP contribution in [-0.4, -0.2) is 12.0 Å². The van der Waals surface area contributed by atoms with Gasteiger partial charge in [-0.3, -0.25) is 4.79 Å². The summed E-state index contributed by atoms with van der Waals surface area (Å²) < 4.78 is 5.72. The van der Waals surface area contributed by atoms with E-state index < -0.39 is 6.10 Å². The quantitative estimate of drug-likeness (QED) is 0.851. The Kier molecular flexibility index (Phi) is 5.89. The molecule has 2 aromatic carbocycles. The highest BCUT2D eigenvalue weighted by atomic mass is 35.5. The molecular weight excluding hydrogens is 322 g/mol. The standard InChI is InChI=1S/C20H24ClNO2/c1-14(19(23)22-13-15-7-5-6-8-18(15)21)24-17-11-9-16(10-12-17)20(2,3)4/h5-12,14H,13H2,1-4H3,(H,22,23). The highest BCUT2D eigenvalue weighted by Crippen LogP contribution is 2.24. The largest absolute Gasteiger partial charge is 0.481 e. The number of halogens is 1. The van der Waals surface area contributed by atoms with Crippen molar-refractivity contribution in [3.05, 3.63) is 64.7 Å². The molecule has 0 aromatic heterocycles. The van der Waals surface area contributed by atoms with Crippen LogP contribution in [0.1, 0.15) is 38.8 Å². The summed E-state index contributed by atoms with van der Waals surface area (Å²) >= 11 is 6.09. The van der Waals surface area contributed by atoms with E-state index in [4.69, 9.17) is 16.3 Å². The minimum Gasteiger partial charge on any atom is -0.481 e. The van der Waals surface area contributed by atoms with Gasteiger partial charge in [0.1, 0.15) is 5.75 Å². The zero-order valence-corrected chi connectivity index (χ0v) is 15.4. The lowest BCUT2D eigenvalue weighted by atomic mass is 9.87. The molecule has 0 heterocycles. The summed E-state index contributed by atoms with van der Waals surface area (Å²) in [5.41, 5.74) is 2.20. The van der Waals surface area contributed by atoms with Gasteiger partial charge in [-0.05, 0) is 41.7 Å². The molecule has 0 fully saturated rings. The fourth-order valence-corrected chi connectivity index (χ4v) is 2.46. The van der Waals surface area contributed by atoms with Crippen molar-refractivity contribution >= 4 is 17.5 Å². The van der Waals surface area contributed by atoms with Crippen LogP contribution >= 0.6 is 11.6 Å². The molecule has 3 nitrogen and oxygen atoms in total. The van der Waals surface area contributed by atoms with Gasteiger partial charge in [-0.2, -0.15) is 0 Å². The van der Waals surface area contributed by atoms with E-state index in [2.05, 4.69) is 26.1 Å². The van der Waals surface area contributed by atoms with Gasteiger partial charge in [-0.15, -0.1) is 0 Å². The van der Waals surface area contributed by atoms with Crippen LogP contribution in [0, 0.1) is 0 Å². The Labute approximate surface area is 149 Å². The Morgan fingerprint density at radius 2 is 1.75 bits per heavy atom. The second-order valence-corrected chi connectivity index (χ2v) is 7.25. The Morgan fingerprint density at radius 1 is 1.12 bits per heavy atom. The summed E-state index contributed by atoms with van der Waals surface area (Å²) in [6, 6.07) is 15.3. The van der Waals surface area contributed by atoms with Crippen LogP contribution in [-0.2, 0) is 16.8 Å². The molecule has 0 saturated heterocycles. The first-order valence-electron chi connectivity index (χ1n) is 8.05. The van der Waals surface area contributed by atoms with Gasteiger partial charge in [0.25, 0.3) is 5.91 Å². The summed E-state index contributed by atoms with van der Waals surface area (Å²) in [5, 5.41) is 3.49. The zero-order valence-electron chi connectivity index (χ0n) is 14.6. The van der Waals surface area contributed by atoms with Crippen molar-refractivity contribution in [1.29, 1.82) is 0 Å². The highest BCUT2D eigenvalue weighted by Gasteiger charge is 2.16. The van der Waals surface area contributed by atoms with Gasteiger partial charge in [0.2, 0.25) is 0 Å². The fraction of sp³-hybridized carbons (Fsp3) is 0.350. The molecule has 2 rings (SSSR count). The number of ether oxygens (including phenoxy) is 1. The lowest BCUT2D eigenvalue weighted by Gasteiger charge is -2.20. The maximum atomic E-state index is 12.2. The van der Waals surface area contributed by atoms with Gasteiger partial charge in [0, 0.05) is 11.6 Å². The van der Waals surface area contributed by atoms with Gasteiger partial charge < -0.3 is 10.1 Å². The van der Waals surface area contributed by atoms with E-state index in [1.165, 1.54) is 5.56 Å². The number of hydrogen-bond donors (Lipinski definition) is 1. The van der Waals surface area contributed by atoms with Crippen molar-refractivity contribution in [3.8, 4) is 5.75 Å². The van der Waals surface area contributed by atoms with E-state index in [0.717, 1.165) is 5.56 Å². The van der Waals surface area contributed by atoms with Gasteiger partial charge in [0.05, 0.1) is 0 Å². The first-order valence-corrected chi connectivity index (χ1v) is 8.43. The molecule has 0 spiro atoms. The maximum absolute atomic E-state index is 12.2. The van der Waals surface area contributed by atoms with Crippen LogP contribution in [0.5, 0.6) is 5.75 Å². The number of rotatable bonds is 5. The molecule has 0 aliphatic rings. The third-order valence-corrected chi connectivity index (χ3v) is 4.18. The van der Waals surface area contributed by atoms with Crippen LogP contribution in [0.4, 0.5) is 0 Å². The number of benzene rings is 2. The highest BCUT2D eigenvalue weighted by molar-refractivity contribution is 6.31. The van der Waals surface area contributed by atoms with Crippen molar-refractivity contribution < 1.29 is 9.53 Å². The van der Waals surface area contributed by atoms with Crippen molar-refractivity contribution in [3.63, 3.8) is 0 Å². The topological polar surface area (TPSA) is 38.3 Å². The monoisotopic (exact) mass is 345 g/mol. The molecule has 128 valence electrons. The molecule has 0 radical (unpaired) electrons. The van der Waals surface area contributed by atoms with Gasteiger partial charge in [-0.25, -0.2) is 0 Å². The molecule has 0 bridgehead atoms. The summed E-state index contributed by atoms with van der Waals surface area (Å²) in [4.78, 5) is 12.2. The van der Waals surface area contributed by atoms with Crippen molar-refractivity contribution in [2.45, 2.75) is 45.8 Å². The van der Waals surface area contributed by atoms with E-state index in [0.29, 0.717) is 17.3 Å². The Hall–Kier alpha value is -2.00. The minimum atomic E-state index is -0.576. The Bertz CT molecular complexity index is 690. The minimum absolute atomic E-state index is 0.0937. The molecule has 1 unspecified atom stereocenters. The van der Waals surface area contributed by atoms with Gasteiger partial charge >= 0.3 is 0 Å². The van der Waals surface area contributed by atoms with Crippen LogP contribution in [0.2, 0.25) is 5.02 Å². The number of nitrogens with one attached hydrogen (secondary N) is 1. The van der Waals surface area contributed by atoms with E-state index in [1.807, 2.05) is 42.5 Å². The van der Waals surface area contributed by atoms with E-state index in [-0.39, 0.29) is 11.3 Å². The Morgan fingerprint density at radius 3 is 2.33 bits per heavy atom. The molecular formula is C20H24ClNO2. The molecule has 2 aromatic rings. The third kappa shape index (κ3) is 5.00. The van der Waals surface area contributed by atoms with Crippen LogP contribution < -0.4 is 10.1 Å². The first-order chi connectivity index (χ1) is 11.3. The van der Waals surface area contributed by atoms with Crippen LogP contribution in [0.3, 0.4) is 0 Å². The number of carbonyl (C=O) groups is 1. The summed E-state index contributed by atoms with van der Waals surface area (Å²) in [5.74, 6) is 0.512. The first kappa shape index (κ1) is 18.3. The van der Waals surface area contributed by atoms with Crippen molar-refractivity contribution in [2.75, 3.05) is 0 Å².